The molecule has 0 fully saturated rings. The van der Waals surface area contributed by atoms with E-state index in [9.17, 15) is 9.59 Å². The first kappa shape index (κ1) is 18.9. The Morgan fingerprint density at radius 2 is 1.70 bits per heavy atom. The summed E-state index contributed by atoms with van der Waals surface area (Å²) in [5.74, 6) is -0.700. The Hall–Kier alpha value is -2.86. The van der Waals surface area contributed by atoms with Crippen LogP contribution in [0.15, 0.2) is 54.6 Å². The second kappa shape index (κ2) is 8.22. The lowest BCUT2D eigenvalue weighted by Gasteiger charge is -2.18. The first-order valence-electron chi connectivity index (χ1n) is 8.60. The van der Waals surface area contributed by atoms with Crippen molar-refractivity contribution >= 4 is 39.0 Å². The number of nitrogens with zero attached hydrogens (tertiary/aromatic N) is 2. The molecule has 2 aromatic carbocycles. The fourth-order valence-corrected chi connectivity index (χ4v) is 3.61. The molecule has 0 saturated carbocycles. The number of anilines is 1. The molecule has 0 aliphatic rings. The average molecular weight is 382 g/mol. The summed E-state index contributed by atoms with van der Waals surface area (Å²) in [6, 6.07) is 17.5. The SMILES string of the molecule is CN(Cc1ccc(N(C)C)cc1)C(=O)COC(=O)c1cc2ccccc2s1. The van der Waals surface area contributed by atoms with Gasteiger partial charge in [0, 0.05) is 38.1 Å². The van der Waals surface area contributed by atoms with Crippen molar-refractivity contribution in [3.05, 3.63) is 65.0 Å². The predicted octanol–water partition coefficient (Wildman–Crippen LogP) is 3.78. The molecular weight excluding hydrogens is 360 g/mol. The lowest BCUT2D eigenvalue weighted by Crippen LogP contribution is -2.30. The Bertz CT molecular complexity index is 914. The number of rotatable bonds is 6. The number of carbonyl (C=O) groups is 2. The third-order valence-electron chi connectivity index (χ3n) is 4.25. The fraction of sp³-hybridized carbons (Fsp3) is 0.238. The molecule has 1 aromatic heterocycles. The first-order chi connectivity index (χ1) is 12.9. The van der Waals surface area contributed by atoms with Gasteiger partial charge in [-0.3, -0.25) is 4.79 Å². The quantitative estimate of drug-likeness (QED) is 0.609. The van der Waals surface area contributed by atoms with Gasteiger partial charge >= 0.3 is 5.97 Å². The minimum Gasteiger partial charge on any atom is -0.451 e. The Balaban J connectivity index is 1.54. The van der Waals surface area contributed by atoms with Crippen molar-refractivity contribution < 1.29 is 14.3 Å². The van der Waals surface area contributed by atoms with Crippen molar-refractivity contribution in [3.63, 3.8) is 0 Å². The molecule has 0 spiro atoms. The molecule has 1 amide bonds. The van der Waals surface area contributed by atoms with Crippen LogP contribution >= 0.6 is 11.3 Å². The van der Waals surface area contributed by atoms with E-state index < -0.39 is 5.97 Å². The molecule has 0 bridgehead atoms. The molecule has 0 atom stereocenters. The van der Waals surface area contributed by atoms with Gasteiger partial charge in [0.2, 0.25) is 0 Å². The molecule has 140 valence electrons. The highest BCUT2D eigenvalue weighted by Crippen LogP contribution is 2.25. The minimum atomic E-state index is -0.465. The van der Waals surface area contributed by atoms with Gasteiger partial charge in [-0.15, -0.1) is 11.3 Å². The number of fused-ring (bicyclic) bond motifs is 1. The van der Waals surface area contributed by atoms with Crippen molar-refractivity contribution in [2.45, 2.75) is 6.54 Å². The van der Waals surface area contributed by atoms with E-state index in [0.717, 1.165) is 21.3 Å². The number of benzene rings is 2. The van der Waals surface area contributed by atoms with Crippen molar-refractivity contribution in [1.29, 1.82) is 0 Å². The van der Waals surface area contributed by atoms with Crippen molar-refractivity contribution in [2.24, 2.45) is 0 Å². The zero-order valence-corrected chi connectivity index (χ0v) is 16.5. The Morgan fingerprint density at radius 1 is 1.00 bits per heavy atom. The van der Waals surface area contributed by atoms with Crippen LogP contribution in [0.1, 0.15) is 15.2 Å². The van der Waals surface area contributed by atoms with E-state index in [-0.39, 0.29) is 12.5 Å². The number of thiophene rings is 1. The van der Waals surface area contributed by atoms with E-state index >= 15 is 0 Å². The van der Waals surface area contributed by atoms with Crippen LogP contribution in [0.25, 0.3) is 10.1 Å². The van der Waals surface area contributed by atoms with Gasteiger partial charge in [0.15, 0.2) is 6.61 Å². The molecule has 6 heteroatoms. The van der Waals surface area contributed by atoms with Gasteiger partial charge < -0.3 is 14.5 Å². The van der Waals surface area contributed by atoms with E-state index in [2.05, 4.69) is 0 Å². The van der Waals surface area contributed by atoms with Crippen LogP contribution in [0.4, 0.5) is 5.69 Å². The van der Waals surface area contributed by atoms with Gasteiger partial charge in [-0.1, -0.05) is 30.3 Å². The smallest absolute Gasteiger partial charge is 0.348 e. The maximum Gasteiger partial charge on any atom is 0.348 e. The van der Waals surface area contributed by atoms with Crippen LogP contribution in [0.3, 0.4) is 0 Å². The summed E-state index contributed by atoms with van der Waals surface area (Å²) >= 11 is 1.37. The Labute approximate surface area is 162 Å². The Kier molecular flexibility index (Phi) is 5.76. The lowest BCUT2D eigenvalue weighted by atomic mass is 10.2. The van der Waals surface area contributed by atoms with E-state index in [4.69, 9.17) is 4.74 Å². The van der Waals surface area contributed by atoms with Gasteiger partial charge in [0.1, 0.15) is 4.88 Å². The predicted molar refractivity (Wildman–Crippen MR) is 109 cm³/mol. The highest BCUT2D eigenvalue weighted by molar-refractivity contribution is 7.20. The van der Waals surface area contributed by atoms with Crippen molar-refractivity contribution in [2.75, 3.05) is 32.6 Å². The van der Waals surface area contributed by atoms with Crippen LogP contribution in [0.2, 0.25) is 0 Å². The molecule has 0 N–H and O–H groups in total. The number of esters is 1. The topological polar surface area (TPSA) is 49.9 Å². The monoisotopic (exact) mass is 382 g/mol. The maximum absolute atomic E-state index is 12.3. The highest BCUT2D eigenvalue weighted by atomic mass is 32.1. The Morgan fingerprint density at radius 3 is 2.37 bits per heavy atom. The number of hydrogen-bond acceptors (Lipinski definition) is 5. The zero-order valence-electron chi connectivity index (χ0n) is 15.6. The first-order valence-corrected chi connectivity index (χ1v) is 9.41. The largest absolute Gasteiger partial charge is 0.451 e. The fourth-order valence-electron chi connectivity index (χ4n) is 2.65. The summed E-state index contributed by atoms with van der Waals surface area (Å²) < 4.78 is 6.22. The molecule has 0 aliphatic heterocycles. The number of likely N-dealkylation sites (N-methyl/N-ethyl adjacent to an activating group) is 1. The standard InChI is InChI=1S/C21H22N2O3S/c1-22(2)17-10-8-15(9-11-17)13-23(3)20(24)14-26-21(25)19-12-16-6-4-5-7-18(16)27-19/h4-12H,13-14H2,1-3H3. The minimum absolute atomic E-state index is 0.235. The van der Waals surface area contributed by atoms with E-state index in [1.165, 1.54) is 11.3 Å². The molecule has 1 heterocycles. The van der Waals surface area contributed by atoms with Crippen LogP contribution in [-0.2, 0) is 16.1 Å². The molecule has 3 aromatic rings. The lowest BCUT2D eigenvalue weighted by molar-refractivity contribution is -0.133. The van der Waals surface area contributed by atoms with Crippen LogP contribution in [0.5, 0.6) is 0 Å². The van der Waals surface area contributed by atoms with Gasteiger partial charge in [0.05, 0.1) is 0 Å². The normalized spacial score (nSPS) is 10.6. The number of amides is 1. The molecule has 0 radical (unpaired) electrons. The van der Waals surface area contributed by atoms with E-state index in [1.54, 1.807) is 18.0 Å². The van der Waals surface area contributed by atoms with Crippen LogP contribution in [-0.4, -0.2) is 44.5 Å². The number of carbonyl (C=O) groups excluding carboxylic acids is 2. The number of hydrogen-bond donors (Lipinski definition) is 0. The molecule has 0 unspecified atom stereocenters. The van der Waals surface area contributed by atoms with E-state index in [0.29, 0.717) is 11.4 Å². The second-order valence-corrected chi connectivity index (χ2v) is 7.62. The molecule has 5 nitrogen and oxygen atoms in total. The van der Waals surface area contributed by atoms with Gasteiger partial charge in [0.25, 0.3) is 5.91 Å². The maximum atomic E-state index is 12.3. The summed E-state index contributed by atoms with van der Waals surface area (Å²) in [7, 11) is 5.67. The third-order valence-corrected chi connectivity index (χ3v) is 5.35. The molecule has 3 rings (SSSR count). The number of ether oxygens (including phenoxy) is 1. The van der Waals surface area contributed by atoms with Gasteiger partial charge in [-0.2, -0.15) is 0 Å². The van der Waals surface area contributed by atoms with Crippen molar-refractivity contribution in [3.8, 4) is 0 Å². The van der Waals surface area contributed by atoms with Gasteiger partial charge in [-0.25, -0.2) is 4.79 Å². The van der Waals surface area contributed by atoms with Crippen LogP contribution < -0.4 is 4.90 Å². The third kappa shape index (κ3) is 4.65. The van der Waals surface area contributed by atoms with Crippen LogP contribution in [0, 0.1) is 0 Å². The summed E-state index contributed by atoms with van der Waals surface area (Å²) in [6.45, 7) is 0.201. The van der Waals surface area contributed by atoms with Gasteiger partial charge in [-0.05, 0) is 35.2 Å². The highest BCUT2D eigenvalue weighted by Gasteiger charge is 2.16. The van der Waals surface area contributed by atoms with Crippen molar-refractivity contribution in [1.82, 2.24) is 4.90 Å². The summed E-state index contributed by atoms with van der Waals surface area (Å²) in [5, 5.41) is 0.999. The molecule has 0 saturated heterocycles. The molecular formula is C21H22N2O3S. The second-order valence-electron chi connectivity index (χ2n) is 6.54. The zero-order chi connectivity index (χ0) is 19.4. The summed E-state index contributed by atoms with van der Waals surface area (Å²) in [4.78, 5) is 28.6. The average Bonchev–Trinajstić information content (AvgIpc) is 3.10. The molecule has 27 heavy (non-hydrogen) atoms. The summed E-state index contributed by atoms with van der Waals surface area (Å²) in [6.07, 6.45) is 0. The molecule has 0 aliphatic carbocycles. The van der Waals surface area contributed by atoms with E-state index in [1.807, 2.05) is 67.5 Å². The summed E-state index contributed by atoms with van der Waals surface area (Å²) in [5.41, 5.74) is 2.12.